The van der Waals surface area contributed by atoms with E-state index in [1.54, 1.807) is 0 Å². The van der Waals surface area contributed by atoms with Crippen LogP contribution in [0.1, 0.15) is 11.1 Å². The van der Waals surface area contributed by atoms with E-state index in [2.05, 4.69) is 29.2 Å². The molecule has 2 nitrogen and oxygen atoms in total. The number of fused-ring (bicyclic) bond motifs is 3. The van der Waals surface area contributed by atoms with Crippen molar-refractivity contribution in [1.82, 2.24) is 0 Å². The SMILES string of the molecule is ClC1C2N=C(c3ccccc3)c3ccccc3N12. The average molecular weight is 255 g/mol. The lowest BCUT2D eigenvalue weighted by Crippen LogP contribution is -2.15. The summed E-state index contributed by atoms with van der Waals surface area (Å²) in [5.41, 5.74) is 4.57. The van der Waals surface area contributed by atoms with E-state index >= 15 is 0 Å². The van der Waals surface area contributed by atoms with E-state index in [-0.39, 0.29) is 11.7 Å². The molecule has 2 atom stereocenters. The van der Waals surface area contributed by atoms with Crippen molar-refractivity contribution >= 4 is 23.0 Å². The molecule has 2 aliphatic heterocycles. The molecule has 4 rings (SSSR count). The minimum atomic E-state index is 0.00682. The normalized spacial score (nSPS) is 24.1. The molecule has 3 heteroatoms. The third-order valence-corrected chi connectivity index (χ3v) is 3.89. The summed E-state index contributed by atoms with van der Waals surface area (Å²) >= 11 is 6.26. The molecule has 2 unspecified atom stereocenters. The molecule has 0 spiro atoms. The highest BCUT2D eigenvalue weighted by Crippen LogP contribution is 2.44. The second kappa shape index (κ2) is 3.59. The molecule has 0 radical (unpaired) electrons. The first-order valence-electron chi connectivity index (χ1n) is 6.01. The van der Waals surface area contributed by atoms with Crippen molar-refractivity contribution in [2.45, 2.75) is 11.7 Å². The van der Waals surface area contributed by atoms with Crippen molar-refractivity contribution in [2.24, 2.45) is 4.99 Å². The summed E-state index contributed by atoms with van der Waals surface area (Å²) in [7, 11) is 0. The molecule has 2 heterocycles. The van der Waals surface area contributed by atoms with Crippen LogP contribution in [0.3, 0.4) is 0 Å². The van der Waals surface area contributed by atoms with Gasteiger partial charge >= 0.3 is 0 Å². The molecule has 18 heavy (non-hydrogen) atoms. The number of anilines is 1. The summed E-state index contributed by atoms with van der Waals surface area (Å²) in [5, 5.41) is 0. The highest BCUT2D eigenvalue weighted by molar-refractivity contribution is 6.28. The molecule has 0 aliphatic carbocycles. The Labute approximate surface area is 111 Å². The molecule has 2 aromatic carbocycles. The van der Waals surface area contributed by atoms with Crippen molar-refractivity contribution in [1.29, 1.82) is 0 Å². The van der Waals surface area contributed by atoms with Crippen molar-refractivity contribution < 1.29 is 0 Å². The van der Waals surface area contributed by atoms with Crippen LogP contribution in [0.2, 0.25) is 0 Å². The summed E-state index contributed by atoms with van der Waals surface area (Å²) in [5.74, 6) is 0. The van der Waals surface area contributed by atoms with Crippen LogP contribution < -0.4 is 4.90 Å². The fourth-order valence-electron chi connectivity index (χ4n) is 2.52. The van der Waals surface area contributed by atoms with Crippen LogP contribution in [0, 0.1) is 0 Å². The highest BCUT2D eigenvalue weighted by atomic mass is 35.5. The largest absolute Gasteiger partial charge is 0.326 e. The standard InChI is InChI=1S/C15H11ClN2/c16-14-15-17-13(10-6-2-1-3-7-10)11-8-4-5-9-12(11)18(14)15/h1-9,14-15H. The van der Waals surface area contributed by atoms with Crippen LogP contribution in [-0.2, 0) is 0 Å². The molecule has 0 aromatic heterocycles. The van der Waals surface area contributed by atoms with E-state index in [9.17, 15) is 0 Å². The molecule has 0 saturated carbocycles. The van der Waals surface area contributed by atoms with Crippen LogP contribution in [0.15, 0.2) is 59.6 Å². The van der Waals surface area contributed by atoms with Crippen LogP contribution in [-0.4, -0.2) is 17.4 Å². The Morgan fingerprint density at radius 2 is 1.67 bits per heavy atom. The number of hydrogen-bond donors (Lipinski definition) is 0. The van der Waals surface area contributed by atoms with Crippen LogP contribution in [0.25, 0.3) is 0 Å². The van der Waals surface area contributed by atoms with Gasteiger partial charge in [-0.05, 0) is 6.07 Å². The molecule has 2 aliphatic rings. The van der Waals surface area contributed by atoms with Gasteiger partial charge in [-0.15, -0.1) is 0 Å². The second-order valence-corrected chi connectivity index (χ2v) is 5.00. The summed E-state index contributed by atoms with van der Waals surface area (Å²) in [6.45, 7) is 0. The molecule has 0 N–H and O–H groups in total. The molecular weight excluding hydrogens is 244 g/mol. The first-order chi connectivity index (χ1) is 8.86. The number of hydrogen-bond acceptors (Lipinski definition) is 2. The maximum Gasteiger partial charge on any atom is 0.158 e. The van der Waals surface area contributed by atoms with Gasteiger partial charge in [0.2, 0.25) is 0 Å². The Kier molecular flexibility index (Phi) is 2.03. The summed E-state index contributed by atoms with van der Waals surface area (Å²) in [6, 6.07) is 18.6. The smallest absolute Gasteiger partial charge is 0.158 e. The van der Waals surface area contributed by atoms with E-state index in [4.69, 9.17) is 16.6 Å². The predicted octanol–water partition coefficient (Wildman–Crippen LogP) is 3.25. The topological polar surface area (TPSA) is 15.4 Å². The fraction of sp³-hybridized carbons (Fsp3) is 0.133. The van der Waals surface area contributed by atoms with Gasteiger partial charge in [-0.1, -0.05) is 60.1 Å². The molecule has 1 fully saturated rings. The van der Waals surface area contributed by atoms with Crippen molar-refractivity contribution in [3.8, 4) is 0 Å². The first-order valence-corrected chi connectivity index (χ1v) is 6.45. The molecule has 1 saturated heterocycles. The Bertz CT molecular complexity index is 636. The van der Waals surface area contributed by atoms with Gasteiger partial charge in [0.1, 0.15) is 5.50 Å². The maximum atomic E-state index is 6.26. The lowest BCUT2D eigenvalue weighted by atomic mass is 10.00. The number of alkyl halides is 1. The quantitative estimate of drug-likeness (QED) is 0.433. The number of aliphatic imine (C=N–C) groups is 1. The highest BCUT2D eigenvalue weighted by Gasteiger charge is 2.50. The Hall–Kier alpha value is -1.80. The molecule has 88 valence electrons. The van der Waals surface area contributed by atoms with Crippen molar-refractivity contribution in [3.05, 3.63) is 65.7 Å². The zero-order valence-electron chi connectivity index (χ0n) is 9.62. The second-order valence-electron chi connectivity index (χ2n) is 4.55. The number of benzene rings is 2. The van der Waals surface area contributed by atoms with Crippen LogP contribution >= 0.6 is 11.6 Å². The minimum Gasteiger partial charge on any atom is -0.326 e. The zero-order valence-corrected chi connectivity index (χ0v) is 10.4. The van der Waals surface area contributed by atoms with E-state index in [0.717, 1.165) is 11.3 Å². The number of rotatable bonds is 1. The number of para-hydroxylation sites is 1. The number of halogens is 1. The third kappa shape index (κ3) is 1.33. The van der Waals surface area contributed by atoms with E-state index in [0.29, 0.717) is 0 Å². The van der Waals surface area contributed by atoms with Crippen molar-refractivity contribution in [3.63, 3.8) is 0 Å². The Morgan fingerprint density at radius 1 is 0.944 bits per heavy atom. The van der Waals surface area contributed by atoms with Crippen LogP contribution in [0.4, 0.5) is 5.69 Å². The third-order valence-electron chi connectivity index (χ3n) is 3.45. The average Bonchev–Trinajstić information content (AvgIpc) is 3.10. The van der Waals surface area contributed by atoms with Gasteiger partial charge in [-0.3, -0.25) is 4.99 Å². The summed E-state index contributed by atoms with van der Waals surface area (Å²) in [6.07, 6.45) is 0.108. The molecule has 0 bridgehead atoms. The fourth-order valence-corrected chi connectivity index (χ4v) is 2.85. The minimum absolute atomic E-state index is 0.00682. The van der Waals surface area contributed by atoms with Gasteiger partial charge < -0.3 is 4.90 Å². The van der Waals surface area contributed by atoms with Gasteiger partial charge in [0.15, 0.2) is 6.17 Å². The van der Waals surface area contributed by atoms with Gasteiger partial charge in [0.25, 0.3) is 0 Å². The van der Waals surface area contributed by atoms with Gasteiger partial charge in [0, 0.05) is 16.8 Å². The summed E-state index contributed by atoms with van der Waals surface area (Å²) in [4.78, 5) is 6.90. The monoisotopic (exact) mass is 254 g/mol. The van der Waals surface area contributed by atoms with Crippen molar-refractivity contribution in [2.75, 3.05) is 4.90 Å². The van der Waals surface area contributed by atoms with Gasteiger partial charge in [-0.25, -0.2) is 0 Å². The Morgan fingerprint density at radius 3 is 2.50 bits per heavy atom. The summed E-state index contributed by atoms with van der Waals surface area (Å²) < 4.78 is 0. The van der Waals surface area contributed by atoms with E-state index in [1.807, 2.05) is 30.3 Å². The first kappa shape index (κ1) is 10.2. The predicted molar refractivity (Wildman–Crippen MR) is 74.4 cm³/mol. The zero-order chi connectivity index (χ0) is 12.1. The molecule has 0 amide bonds. The van der Waals surface area contributed by atoms with E-state index < -0.39 is 0 Å². The van der Waals surface area contributed by atoms with Crippen LogP contribution in [0.5, 0.6) is 0 Å². The number of nitrogens with zero attached hydrogens (tertiary/aromatic N) is 2. The Balaban J connectivity index is 1.92. The lowest BCUT2D eigenvalue weighted by molar-refractivity contribution is 1.04. The molecular formula is C15H11ClN2. The lowest BCUT2D eigenvalue weighted by Gasteiger charge is -2.17. The molecule has 2 aromatic rings. The van der Waals surface area contributed by atoms with E-state index in [1.165, 1.54) is 11.3 Å². The maximum absolute atomic E-state index is 6.26. The van der Waals surface area contributed by atoms with Gasteiger partial charge in [0.05, 0.1) is 5.71 Å². The van der Waals surface area contributed by atoms with Gasteiger partial charge in [-0.2, -0.15) is 0 Å².